The molecule has 1 amide bonds. The van der Waals surface area contributed by atoms with Crippen molar-refractivity contribution in [2.45, 2.75) is 38.9 Å². The lowest BCUT2D eigenvalue weighted by molar-refractivity contribution is -0.146. The minimum Gasteiger partial charge on any atom is -0.394 e. The van der Waals surface area contributed by atoms with Gasteiger partial charge < -0.3 is 10.0 Å². The summed E-state index contributed by atoms with van der Waals surface area (Å²) in [6, 6.07) is 0.249. The second-order valence-electron chi connectivity index (χ2n) is 4.31. The van der Waals surface area contributed by atoms with Crippen LogP contribution in [0.3, 0.4) is 0 Å². The standard InChI is InChI=1S/C10H20N2O2/c1-7(2)12-8(3)5-11(4)10(14)9(12)6-13/h7-9,13H,5-6H2,1-4H3. The Bertz CT molecular complexity index is 218. The number of amides is 1. The molecule has 2 atom stereocenters. The van der Waals surface area contributed by atoms with Crippen LogP contribution in [0.5, 0.6) is 0 Å². The van der Waals surface area contributed by atoms with Crippen LogP contribution in [0.15, 0.2) is 0 Å². The van der Waals surface area contributed by atoms with Crippen LogP contribution in [-0.4, -0.2) is 59.1 Å². The van der Waals surface area contributed by atoms with Gasteiger partial charge in [-0.1, -0.05) is 0 Å². The summed E-state index contributed by atoms with van der Waals surface area (Å²) in [6.07, 6.45) is 0. The number of aliphatic hydroxyl groups is 1. The van der Waals surface area contributed by atoms with E-state index in [9.17, 15) is 9.90 Å². The van der Waals surface area contributed by atoms with Crippen molar-refractivity contribution in [3.05, 3.63) is 0 Å². The quantitative estimate of drug-likeness (QED) is 0.678. The van der Waals surface area contributed by atoms with Gasteiger partial charge in [-0.2, -0.15) is 0 Å². The van der Waals surface area contributed by atoms with Crippen LogP contribution in [0, 0.1) is 0 Å². The Morgan fingerprint density at radius 1 is 1.57 bits per heavy atom. The van der Waals surface area contributed by atoms with Crippen LogP contribution in [0.25, 0.3) is 0 Å². The molecule has 14 heavy (non-hydrogen) atoms. The fraction of sp³-hybridized carbons (Fsp3) is 0.900. The minimum absolute atomic E-state index is 0.0271. The van der Waals surface area contributed by atoms with E-state index in [1.54, 1.807) is 11.9 Å². The molecule has 0 bridgehead atoms. The number of aliphatic hydroxyl groups excluding tert-OH is 1. The maximum Gasteiger partial charge on any atom is 0.242 e. The lowest BCUT2D eigenvalue weighted by atomic mass is 10.0. The molecule has 0 aliphatic carbocycles. The summed E-state index contributed by atoms with van der Waals surface area (Å²) in [4.78, 5) is 15.5. The first-order chi connectivity index (χ1) is 6.49. The molecule has 1 fully saturated rings. The molecule has 1 aliphatic rings. The highest BCUT2D eigenvalue weighted by Crippen LogP contribution is 2.18. The Balaban J connectivity index is 2.85. The maximum absolute atomic E-state index is 11.7. The van der Waals surface area contributed by atoms with Gasteiger partial charge in [0, 0.05) is 25.7 Å². The van der Waals surface area contributed by atoms with Gasteiger partial charge in [-0.3, -0.25) is 9.69 Å². The number of hydrogen-bond donors (Lipinski definition) is 1. The molecule has 0 saturated carbocycles. The number of carbonyl (C=O) groups is 1. The third-order valence-corrected chi connectivity index (χ3v) is 2.84. The molecule has 1 rings (SSSR count). The molecule has 1 aliphatic heterocycles. The Labute approximate surface area is 85.5 Å². The molecule has 1 heterocycles. The molecular weight excluding hydrogens is 180 g/mol. The summed E-state index contributed by atoms with van der Waals surface area (Å²) in [5.41, 5.74) is 0. The van der Waals surface area contributed by atoms with Crippen molar-refractivity contribution in [1.82, 2.24) is 9.80 Å². The molecule has 0 aromatic heterocycles. The van der Waals surface area contributed by atoms with Crippen molar-refractivity contribution in [2.24, 2.45) is 0 Å². The molecular formula is C10H20N2O2. The Morgan fingerprint density at radius 2 is 2.14 bits per heavy atom. The first-order valence-corrected chi connectivity index (χ1v) is 5.12. The average molecular weight is 200 g/mol. The van der Waals surface area contributed by atoms with E-state index in [2.05, 4.69) is 25.7 Å². The third kappa shape index (κ3) is 1.91. The summed E-state index contributed by atoms with van der Waals surface area (Å²) in [5, 5.41) is 9.23. The fourth-order valence-corrected chi connectivity index (χ4v) is 2.31. The first kappa shape index (κ1) is 11.5. The van der Waals surface area contributed by atoms with E-state index in [1.165, 1.54) is 0 Å². The number of rotatable bonds is 2. The van der Waals surface area contributed by atoms with Gasteiger partial charge in [-0.15, -0.1) is 0 Å². The predicted octanol–water partition coefficient (Wildman–Crippen LogP) is -0.0818. The molecule has 0 aromatic carbocycles. The molecule has 1 N–H and O–H groups in total. The average Bonchev–Trinajstić information content (AvgIpc) is 2.09. The highest BCUT2D eigenvalue weighted by atomic mass is 16.3. The molecule has 0 radical (unpaired) electrons. The summed E-state index contributed by atoms with van der Waals surface area (Å²) >= 11 is 0. The second-order valence-corrected chi connectivity index (χ2v) is 4.31. The zero-order valence-electron chi connectivity index (χ0n) is 9.40. The Hall–Kier alpha value is -0.610. The van der Waals surface area contributed by atoms with E-state index in [4.69, 9.17) is 0 Å². The van der Waals surface area contributed by atoms with Crippen LogP contribution in [0.2, 0.25) is 0 Å². The lowest BCUT2D eigenvalue weighted by Gasteiger charge is -2.45. The largest absolute Gasteiger partial charge is 0.394 e. The van der Waals surface area contributed by atoms with Crippen molar-refractivity contribution in [2.75, 3.05) is 20.2 Å². The minimum atomic E-state index is -0.358. The van der Waals surface area contributed by atoms with Crippen molar-refractivity contribution in [3.8, 4) is 0 Å². The van der Waals surface area contributed by atoms with Gasteiger partial charge in [0.25, 0.3) is 0 Å². The van der Waals surface area contributed by atoms with Crippen molar-refractivity contribution >= 4 is 5.91 Å². The smallest absolute Gasteiger partial charge is 0.242 e. The topological polar surface area (TPSA) is 43.8 Å². The normalized spacial score (nSPS) is 30.1. The van der Waals surface area contributed by atoms with Crippen molar-refractivity contribution in [3.63, 3.8) is 0 Å². The van der Waals surface area contributed by atoms with E-state index < -0.39 is 0 Å². The Morgan fingerprint density at radius 3 is 2.57 bits per heavy atom. The number of nitrogens with zero attached hydrogens (tertiary/aromatic N) is 2. The third-order valence-electron chi connectivity index (χ3n) is 2.84. The van der Waals surface area contributed by atoms with Crippen molar-refractivity contribution < 1.29 is 9.90 Å². The van der Waals surface area contributed by atoms with Gasteiger partial charge in [0.1, 0.15) is 6.04 Å². The summed E-state index contributed by atoms with van der Waals surface area (Å²) < 4.78 is 0. The van der Waals surface area contributed by atoms with Crippen LogP contribution in [0.4, 0.5) is 0 Å². The first-order valence-electron chi connectivity index (χ1n) is 5.12. The molecule has 4 nitrogen and oxygen atoms in total. The second kappa shape index (κ2) is 4.28. The van der Waals surface area contributed by atoms with E-state index in [0.717, 1.165) is 6.54 Å². The van der Waals surface area contributed by atoms with Crippen LogP contribution in [-0.2, 0) is 4.79 Å². The highest BCUT2D eigenvalue weighted by molar-refractivity contribution is 5.82. The summed E-state index contributed by atoms with van der Waals surface area (Å²) in [5.74, 6) is 0.0271. The van der Waals surface area contributed by atoms with Crippen LogP contribution >= 0.6 is 0 Å². The fourth-order valence-electron chi connectivity index (χ4n) is 2.31. The highest BCUT2D eigenvalue weighted by Gasteiger charge is 2.37. The zero-order chi connectivity index (χ0) is 10.9. The predicted molar refractivity (Wildman–Crippen MR) is 54.9 cm³/mol. The molecule has 0 aromatic rings. The van der Waals surface area contributed by atoms with Gasteiger partial charge in [-0.05, 0) is 20.8 Å². The van der Waals surface area contributed by atoms with E-state index in [0.29, 0.717) is 12.1 Å². The summed E-state index contributed by atoms with van der Waals surface area (Å²) in [7, 11) is 1.79. The number of hydrogen-bond acceptors (Lipinski definition) is 3. The van der Waals surface area contributed by atoms with Crippen molar-refractivity contribution in [1.29, 1.82) is 0 Å². The number of likely N-dealkylation sites (N-methyl/N-ethyl adjacent to an activating group) is 1. The molecule has 82 valence electrons. The van der Waals surface area contributed by atoms with Crippen LogP contribution < -0.4 is 0 Å². The SMILES string of the molecule is CC(C)N1C(C)CN(C)C(=O)C1CO. The Kier molecular flexibility index (Phi) is 3.50. The van der Waals surface area contributed by atoms with Gasteiger partial charge in [0.2, 0.25) is 5.91 Å². The number of piperazine rings is 1. The molecule has 0 spiro atoms. The maximum atomic E-state index is 11.7. The number of carbonyl (C=O) groups excluding carboxylic acids is 1. The molecule has 1 saturated heterocycles. The molecule has 2 unspecified atom stereocenters. The van der Waals surface area contributed by atoms with E-state index >= 15 is 0 Å². The monoisotopic (exact) mass is 200 g/mol. The van der Waals surface area contributed by atoms with Gasteiger partial charge in [-0.25, -0.2) is 0 Å². The zero-order valence-corrected chi connectivity index (χ0v) is 9.40. The van der Waals surface area contributed by atoms with E-state index in [-0.39, 0.29) is 18.6 Å². The summed E-state index contributed by atoms with van der Waals surface area (Å²) in [6.45, 7) is 6.85. The van der Waals surface area contributed by atoms with Crippen LogP contribution in [0.1, 0.15) is 20.8 Å². The lowest BCUT2D eigenvalue weighted by Crippen LogP contribution is -2.63. The van der Waals surface area contributed by atoms with Gasteiger partial charge in [0.05, 0.1) is 6.61 Å². The van der Waals surface area contributed by atoms with Gasteiger partial charge >= 0.3 is 0 Å². The molecule has 4 heteroatoms. The van der Waals surface area contributed by atoms with E-state index in [1.807, 2.05) is 0 Å². The van der Waals surface area contributed by atoms with Gasteiger partial charge in [0.15, 0.2) is 0 Å².